The van der Waals surface area contributed by atoms with Gasteiger partial charge in [0, 0.05) is 32.9 Å². The van der Waals surface area contributed by atoms with E-state index >= 15 is 0 Å². The quantitative estimate of drug-likeness (QED) is 0.122. The summed E-state index contributed by atoms with van der Waals surface area (Å²) < 4.78 is 5.53. The molecule has 4 aromatic carbocycles. The predicted octanol–water partition coefficient (Wildman–Crippen LogP) is 6.99. The van der Waals surface area contributed by atoms with Crippen molar-refractivity contribution in [1.82, 2.24) is 10.4 Å². The van der Waals surface area contributed by atoms with Gasteiger partial charge in [-0.05, 0) is 78.4 Å². The molecule has 0 bridgehead atoms. The molecular weight excluding hydrogens is 558 g/mol. The number of para-hydroxylation sites is 1. The zero-order valence-electron chi connectivity index (χ0n) is 21.6. The zero-order valence-corrected chi connectivity index (χ0v) is 23.2. The van der Waals surface area contributed by atoms with Crippen molar-refractivity contribution in [1.29, 1.82) is 0 Å². The monoisotopic (exact) mass is 581 g/mol. The Kier molecular flexibility index (Phi) is 9.00. The summed E-state index contributed by atoms with van der Waals surface area (Å²) in [6.07, 6.45) is 1.53. The van der Waals surface area contributed by atoms with Crippen LogP contribution in [0.3, 0.4) is 0 Å². The number of aromatic nitrogens is 1. The molecule has 1 heterocycles. The van der Waals surface area contributed by atoms with Crippen molar-refractivity contribution >= 4 is 57.5 Å². The fraction of sp³-hybridized carbons (Fsp3) is 0.0323. The van der Waals surface area contributed by atoms with E-state index in [1.807, 2.05) is 47.8 Å². The molecule has 0 fully saturated rings. The molecule has 0 radical (unpaired) electrons. The van der Waals surface area contributed by atoms with Crippen molar-refractivity contribution in [2.45, 2.75) is 0 Å². The number of thiazole rings is 1. The van der Waals surface area contributed by atoms with Gasteiger partial charge >= 0.3 is 0 Å². The van der Waals surface area contributed by atoms with Gasteiger partial charge < -0.3 is 15.4 Å². The van der Waals surface area contributed by atoms with E-state index in [9.17, 15) is 9.59 Å². The Balaban J connectivity index is 1.08. The number of benzene rings is 4. The Morgan fingerprint density at radius 2 is 1.61 bits per heavy atom. The maximum atomic E-state index is 12.5. The number of hydrogen-bond donors (Lipinski definition) is 3. The first-order chi connectivity index (χ1) is 20.0. The number of nitrogens with zero attached hydrogens (tertiary/aromatic N) is 2. The van der Waals surface area contributed by atoms with E-state index in [0.717, 1.165) is 27.6 Å². The predicted molar refractivity (Wildman–Crippen MR) is 164 cm³/mol. The van der Waals surface area contributed by atoms with Gasteiger partial charge in [-0.25, -0.2) is 10.4 Å². The van der Waals surface area contributed by atoms with Gasteiger partial charge in [0.05, 0.1) is 11.9 Å². The van der Waals surface area contributed by atoms with Gasteiger partial charge in [-0.15, -0.1) is 11.3 Å². The summed E-state index contributed by atoms with van der Waals surface area (Å²) in [5.41, 5.74) is 7.11. The largest absolute Gasteiger partial charge is 0.484 e. The number of hydrogen-bond acceptors (Lipinski definition) is 7. The molecule has 5 aromatic rings. The minimum absolute atomic E-state index is 0.140. The minimum atomic E-state index is -0.329. The molecule has 0 atom stereocenters. The molecule has 0 aliphatic rings. The Morgan fingerprint density at radius 1 is 0.878 bits per heavy atom. The van der Waals surface area contributed by atoms with Crippen LogP contribution in [0.15, 0.2) is 114 Å². The van der Waals surface area contributed by atoms with Gasteiger partial charge in [-0.2, -0.15) is 5.10 Å². The molecular formula is C31H24ClN5O3S. The fourth-order valence-electron chi connectivity index (χ4n) is 3.66. The molecule has 5 rings (SSSR count). The molecule has 0 spiro atoms. The number of nitrogens with one attached hydrogen (secondary N) is 3. The second-order valence-electron chi connectivity index (χ2n) is 8.72. The molecule has 2 amide bonds. The van der Waals surface area contributed by atoms with Crippen molar-refractivity contribution in [2.75, 3.05) is 17.2 Å². The van der Waals surface area contributed by atoms with Crippen molar-refractivity contribution in [3.05, 3.63) is 125 Å². The average molecular weight is 582 g/mol. The molecule has 10 heteroatoms. The molecule has 0 aliphatic heterocycles. The number of carbonyl (C=O) groups excluding carboxylic acids is 2. The summed E-state index contributed by atoms with van der Waals surface area (Å²) in [4.78, 5) is 29.2. The van der Waals surface area contributed by atoms with Gasteiger partial charge in [0.1, 0.15) is 5.75 Å². The summed E-state index contributed by atoms with van der Waals surface area (Å²) in [5.74, 6) is -0.0881. The highest BCUT2D eigenvalue weighted by atomic mass is 35.5. The van der Waals surface area contributed by atoms with Gasteiger partial charge in [0.15, 0.2) is 11.7 Å². The normalized spacial score (nSPS) is 10.8. The van der Waals surface area contributed by atoms with E-state index in [-0.39, 0.29) is 18.4 Å². The molecule has 41 heavy (non-hydrogen) atoms. The van der Waals surface area contributed by atoms with Crippen molar-refractivity contribution in [2.24, 2.45) is 5.10 Å². The first-order valence-electron chi connectivity index (χ1n) is 12.5. The van der Waals surface area contributed by atoms with Crippen LogP contribution in [0.1, 0.15) is 15.9 Å². The Bertz CT molecular complexity index is 1640. The average Bonchev–Trinajstić information content (AvgIpc) is 3.47. The first kappa shape index (κ1) is 27.6. The van der Waals surface area contributed by atoms with Crippen LogP contribution in [0.4, 0.5) is 16.5 Å². The molecule has 0 saturated heterocycles. The number of halogens is 1. The van der Waals surface area contributed by atoms with E-state index in [0.29, 0.717) is 22.0 Å². The molecule has 1 aromatic heterocycles. The third kappa shape index (κ3) is 8.01. The highest BCUT2D eigenvalue weighted by Gasteiger charge is 2.08. The van der Waals surface area contributed by atoms with E-state index in [4.69, 9.17) is 16.3 Å². The van der Waals surface area contributed by atoms with Crippen LogP contribution in [0, 0.1) is 0 Å². The molecule has 0 saturated carbocycles. The number of carbonyl (C=O) groups is 2. The van der Waals surface area contributed by atoms with E-state index in [1.165, 1.54) is 17.6 Å². The van der Waals surface area contributed by atoms with E-state index in [2.05, 4.69) is 26.1 Å². The van der Waals surface area contributed by atoms with Crippen LogP contribution in [0.5, 0.6) is 5.75 Å². The standard InChI is InChI=1S/C31H24ClN5O3S/c32-24-12-14-26(15-13-24)34-29(38)19-40-27-16-6-21(7-17-27)18-33-37-30(39)23-10-8-22(9-11-23)28-20-41-31(36-28)35-25-4-2-1-3-5-25/h1-18,20H,19H2,(H,34,38)(H,35,36)(H,37,39)/b33-18+. The van der Waals surface area contributed by atoms with E-state index < -0.39 is 0 Å². The maximum absolute atomic E-state index is 12.5. The summed E-state index contributed by atoms with van der Waals surface area (Å²) >= 11 is 7.36. The summed E-state index contributed by atoms with van der Waals surface area (Å²) in [6, 6.07) is 30.8. The van der Waals surface area contributed by atoms with Gasteiger partial charge in [-0.1, -0.05) is 41.9 Å². The van der Waals surface area contributed by atoms with Crippen LogP contribution in [-0.2, 0) is 4.79 Å². The van der Waals surface area contributed by atoms with Gasteiger partial charge in [0.25, 0.3) is 11.8 Å². The lowest BCUT2D eigenvalue weighted by atomic mass is 10.1. The molecule has 204 valence electrons. The first-order valence-corrected chi connectivity index (χ1v) is 13.8. The Labute approximate surface area is 245 Å². The topological polar surface area (TPSA) is 105 Å². The lowest BCUT2D eigenvalue weighted by Gasteiger charge is -2.08. The second-order valence-corrected chi connectivity index (χ2v) is 10.0. The number of rotatable bonds is 10. The summed E-state index contributed by atoms with van der Waals surface area (Å²) in [5, 5.41) is 13.4. The molecule has 3 N–H and O–H groups in total. The van der Waals surface area contributed by atoms with Crippen molar-refractivity contribution < 1.29 is 14.3 Å². The van der Waals surface area contributed by atoms with Gasteiger partial charge in [0.2, 0.25) is 0 Å². The number of amides is 2. The Hall–Kier alpha value is -4.99. The minimum Gasteiger partial charge on any atom is -0.484 e. The van der Waals surface area contributed by atoms with Crippen LogP contribution in [0.2, 0.25) is 5.02 Å². The number of ether oxygens (including phenoxy) is 1. The van der Waals surface area contributed by atoms with Crippen molar-refractivity contribution in [3.8, 4) is 17.0 Å². The third-order valence-electron chi connectivity index (χ3n) is 5.73. The highest BCUT2D eigenvalue weighted by molar-refractivity contribution is 7.14. The number of hydrazone groups is 1. The fourth-order valence-corrected chi connectivity index (χ4v) is 4.53. The zero-order chi connectivity index (χ0) is 28.4. The SMILES string of the molecule is O=C(COc1ccc(/C=N/NC(=O)c2ccc(-c3csc(Nc4ccccc4)n3)cc2)cc1)Nc1ccc(Cl)cc1. The maximum Gasteiger partial charge on any atom is 0.271 e. The molecule has 0 unspecified atom stereocenters. The van der Waals surface area contributed by atoms with Gasteiger partial charge in [-0.3, -0.25) is 9.59 Å². The lowest BCUT2D eigenvalue weighted by Crippen LogP contribution is -2.20. The van der Waals surface area contributed by atoms with Crippen molar-refractivity contribution in [3.63, 3.8) is 0 Å². The second kappa shape index (κ2) is 13.4. The lowest BCUT2D eigenvalue weighted by molar-refractivity contribution is -0.118. The third-order valence-corrected chi connectivity index (χ3v) is 6.74. The highest BCUT2D eigenvalue weighted by Crippen LogP contribution is 2.27. The molecule has 0 aliphatic carbocycles. The Morgan fingerprint density at radius 3 is 2.34 bits per heavy atom. The van der Waals surface area contributed by atoms with Crippen LogP contribution < -0.4 is 20.8 Å². The van der Waals surface area contributed by atoms with Crippen LogP contribution in [-0.4, -0.2) is 29.6 Å². The van der Waals surface area contributed by atoms with Crippen LogP contribution >= 0.6 is 22.9 Å². The van der Waals surface area contributed by atoms with E-state index in [1.54, 1.807) is 60.7 Å². The number of anilines is 3. The van der Waals surface area contributed by atoms with Crippen LogP contribution in [0.25, 0.3) is 11.3 Å². The summed E-state index contributed by atoms with van der Waals surface area (Å²) in [6.45, 7) is -0.140. The summed E-state index contributed by atoms with van der Waals surface area (Å²) in [7, 11) is 0. The molecule has 8 nitrogen and oxygen atoms in total. The smallest absolute Gasteiger partial charge is 0.271 e.